The lowest BCUT2D eigenvalue weighted by Gasteiger charge is -2.14. The molecular formula is C11H15N3O5. The van der Waals surface area contributed by atoms with E-state index in [0.29, 0.717) is 0 Å². The minimum atomic E-state index is -1.28. The van der Waals surface area contributed by atoms with Crippen LogP contribution in [0.15, 0.2) is 12.4 Å². The first kappa shape index (κ1) is 14.7. The van der Waals surface area contributed by atoms with Gasteiger partial charge in [-0.15, -0.1) is 0 Å². The Morgan fingerprint density at radius 3 is 2.58 bits per heavy atom. The van der Waals surface area contributed by atoms with Gasteiger partial charge in [0.25, 0.3) is 0 Å². The van der Waals surface area contributed by atoms with Crippen molar-refractivity contribution in [3.05, 3.63) is 12.4 Å². The van der Waals surface area contributed by atoms with Crippen LogP contribution in [0.3, 0.4) is 0 Å². The normalized spacial score (nSPS) is 11.9. The third-order valence-electron chi connectivity index (χ3n) is 1.97. The number of hydrogen-bond acceptors (Lipinski definition) is 6. The summed E-state index contributed by atoms with van der Waals surface area (Å²) in [5, 5.41) is 20.0. The summed E-state index contributed by atoms with van der Waals surface area (Å²) in [6.07, 6.45) is 2.02. The molecule has 0 spiro atoms. The number of aliphatic carboxylic acids is 2. The molecule has 1 heterocycles. The highest BCUT2D eigenvalue weighted by Gasteiger charge is 2.21. The maximum absolute atomic E-state index is 10.9. The van der Waals surface area contributed by atoms with E-state index in [1.807, 2.05) is 13.8 Å². The van der Waals surface area contributed by atoms with E-state index in [1.54, 1.807) is 0 Å². The van der Waals surface area contributed by atoms with Crippen LogP contribution in [0, 0.1) is 0 Å². The van der Waals surface area contributed by atoms with Gasteiger partial charge in [-0.2, -0.15) is 4.98 Å². The third-order valence-corrected chi connectivity index (χ3v) is 1.97. The fraction of sp³-hybridized carbons (Fsp3) is 0.455. The van der Waals surface area contributed by atoms with Gasteiger partial charge in [0.15, 0.2) is 0 Å². The molecule has 3 N–H and O–H groups in total. The molecule has 0 amide bonds. The number of anilines is 1. The summed E-state index contributed by atoms with van der Waals surface area (Å²) in [6.45, 7) is 3.62. The predicted octanol–water partition coefficient (Wildman–Crippen LogP) is 0.604. The zero-order chi connectivity index (χ0) is 14.4. The molecule has 19 heavy (non-hydrogen) atoms. The smallest absolute Gasteiger partial charge is 0.326 e. The van der Waals surface area contributed by atoms with Crippen LogP contribution in [-0.4, -0.2) is 44.3 Å². The van der Waals surface area contributed by atoms with Gasteiger partial charge in [-0.05, 0) is 13.8 Å². The Kier molecular flexibility index (Phi) is 5.04. The van der Waals surface area contributed by atoms with Crippen LogP contribution in [-0.2, 0) is 9.59 Å². The Labute approximate surface area is 109 Å². The number of nitrogens with zero attached hydrogens (tertiary/aromatic N) is 2. The average Bonchev–Trinajstić information content (AvgIpc) is 2.26. The van der Waals surface area contributed by atoms with E-state index >= 15 is 0 Å². The number of carboxylic acid groups (broad SMARTS) is 2. The Balaban J connectivity index is 2.78. The molecule has 0 aliphatic carbocycles. The number of carbonyl (C=O) groups is 2. The molecule has 8 heteroatoms. The second kappa shape index (κ2) is 6.53. The molecular weight excluding hydrogens is 254 g/mol. The summed E-state index contributed by atoms with van der Waals surface area (Å²) >= 11 is 0. The lowest BCUT2D eigenvalue weighted by Crippen LogP contribution is -2.32. The highest BCUT2D eigenvalue weighted by atomic mass is 16.5. The highest BCUT2D eigenvalue weighted by molar-refractivity contribution is 5.83. The predicted molar refractivity (Wildman–Crippen MR) is 65.1 cm³/mol. The lowest BCUT2D eigenvalue weighted by atomic mass is 10.2. The number of rotatable bonds is 7. The number of ether oxygens (including phenoxy) is 1. The maximum Gasteiger partial charge on any atom is 0.326 e. The molecule has 0 saturated heterocycles. The van der Waals surface area contributed by atoms with E-state index in [2.05, 4.69) is 15.3 Å². The number of nitrogens with one attached hydrogen (secondary N) is 1. The van der Waals surface area contributed by atoms with Crippen molar-refractivity contribution in [3.63, 3.8) is 0 Å². The largest absolute Gasteiger partial charge is 0.481 e. The molecule has 1 aromatic rings. The Morgan fingerprint density at radius 2 is 2.05 bits per heavy atom. The average molecular weight is 269 g/mol. The minimum absolute atomic E-state index is 0.0983. The number of carboxylic acids is 2. The second-order valence-electron chi connectivity index (χ2n) is 4.04. The zero-order valence-electron chi connectivity index (χ0n) is 10.5. The van der Waals surface area contributed by atoms with Crippen LogP contribution in [0.5, 0.6) is 5.88 Å². The molecule has 0 aliphatic rings. The summed E-state index contributed by atoms with van der Waals surface area (Å²) < 4.78 is 5.30. The van der Waals surface area contributed by atoms with Gasteiger partial charge in [0.1, 0.15) is 11.9 Å². The molecule has 0 radical (unpaired) electrons. The summed E-state index contributed by atoms with van der Waals surface area (Å²) in [5.41, 5.74) is 0. The first-order chi connectivity index (χ1) is 8.88. The van der Waals surface area contributed by atoms with Crippen molar-refractivity contribution in [2.24, 2.45) is 0 Å². The molecule has 0 saturated carbocycles. The van der Waals surface area contributed by atoms with Gasteiger partial charge in [0.05, 0.1) is 24.9 Å². The van der Waals surface area contributed by atoms with Crippen molar-refractivity contribution < 1.29 is 24.5 Å². The van der Waals surface area contributed by atoms with Gasteiger partial charge >= 0.3 is 11.9 Å². The number of aromatic nitrogens is 2. The van der Waals surface area contributed by atoms with Crippen molar-refractivity contribution in [2.45, 2.75) is 32.4 Å². The van der Waals surface area contributed by atoms with Crippen LogP contribution in [0.2, 0.25) is 0 Å². The molecule has 1 aromatic heterocycles. The molecule has 8 nitrogen and oxygen atoms in total. The summed E-state index contributed by atoms with van der Waals surface area (Å²) in [4.78, 5) is 29.3. The summed E-state index contributed by atoms with van der Waals surface area (Å²) in [7, 11) is 0. The lowest BCUT2D eigenvalue weighted by molar-refractivity contribution is -0.144. The first-order valence-electron chi connectivity index (χ1n) is 5.58. The maximum atomic E-state index is 10.9. The van der Waals surface area contributed by atoms with Gasteiger partial charge in [-0.3, -0.25) is 9.78 Å². The van der Waals surface area contributed by atoms with Crippen LogP contribution in [0.25, 0.3) is 0 Å². The van der Waals surface area contributed by atoms with Gasteiger partial charge < -0.3 is 20.3 Å². The van der Waals surface area contributed by atoms with E-state index in [4.69, 9.17) is 14.9 Å². The molecule has 104 valence electrons. The van der Waals surface area contributed by atoms with Crippen LogP contribution < -0.4 is 10.1 Å². The molecule has 0 fully saturated rings. The van der Waals surface area contributed by atoms with Gasteiger partial charge in [-0.1, -0.05) is 0 Å². The fourth-order valence-corrected chi connectivity index (χ4v) is 1.27. The Morgan fingerprint density at radius 1 is 1.37 bits per heavy atom. The minimum Gasteiger partial charge on any atom is -0.481 e. The van der Waals surface area contributed by atoms with E-state index in [9.17, 15) is 9.59 Å². The van der Waals surface area contributed by atoms with E-state index in [0.717, 1.165) is 0 Å². The first-order valence-corrected chi connectivity index (χ1v) is 5.58. The van der Waals surface area contributed by atoms with Crippen LogP contribution in [0.1, 0.15) is 20.3 Å². The van der Waals surface area contributed by atoms with E-state index in [-0.39, 0.29) is 17.8 Å². The SMILES string of the molecule is CC(C)Oc1cncc(NC(CC(=O)O)C(=O)O)n1. The third kappa shape index (κ3) is 5.19. The molecule has 1 rings (SSSR count). The van der Waals surface area contributed by atoms with Crippen LogP contribution >= 0.6 is 0 Å². The van der Waals surface area contributed by atoms with Crippen molar-refractivity contribution in [3.8, 4) is 5.88 Å². The summed E-state index contributed by atoms with van der Waals surface area (Å²) in [5.74, 6) is -2.12. The van der Waals surface area contributed by atoms with Crippen molar-refractivity contribution in [1.29, 1.82) is 0 Å². The molecule has 1 atom stereocenters. The Hall–Kier alpha value is -2.38. The van der Waals surface area contributed by atoms with Gasteiger partial charge in [0, 0.05) is 0 Å². The standard InChI is InChI=1S/C11H15N3O5/c1-6(2)19-9-5-12-4-8(14-9)13-7(11(17)18)3-10(15)16/h4-7H,3H2,1-2H3,(H,13,14)(H,15,16)(H,17,18). The molecule has 0 aliphatic heterocycles. The van der Waals surface area contributed by atoms with Crippen molar-refractivity contribution in [1.82, 2.24) is 9.97 Å². The second-order valence-corrected chi connectivity index (χ2v) is 4.04. The van der Waals surface area contributed by atoms with E-state index < -0.39 is 24.4 Å². The van der Waals surface area contributed by atoms with Gasteiger partial charge in [-0.25, -0.2) is 4.79 Å². The molecule has 0 bridgehead atoms. The number of hydrogen-bond donors (Lipinski definition) is 3. The summed E-state index contributed by atoms with van der Waals surface area (Å²) in [6, 6.07) is -1.28. The van der Waals surface area contributed by atoms with Gasteiger partial charge in [0.2, 0.25) is 5.88 Å². The van der Waals surface area contributed by atoms with Crippen LogP contribution in [0.4, 0.5) is 5.82 Å². The fourth-order valence-electron chi connectivity index (χ4n) is 1.27. The highest BCUT2D eigenvalue weighted by Crippen LogP contribution is 2.12. The molecule has 0 aromatic carbocycles. The van der Waals surface area contributed by atoms with Crippen molar-refractivity contribution >= 4 is 17.8 Å². The monoisotopic (exact) mass is 269 g/mol. The van der Waals surface area contributed by atoms with E-state index in [1.165, 1.54) is 12.4 Å². The zero-order valence-corrected chi connectivity index (χ0v) is 10.5. The molecule has 1 unspecified atom stereocenters. The van der Waals surface area contributed by atoms with Crippen molar-refractivity contribution in [2.75, 3.05) is 5.32 Å². The topological polar surface area (TPSA) is 122 Å². The Bertz CT molecular complexity index is 463. The quantitative estimate of drug-likeness (QED) is 0.658.